The fraction of sp³-hybridized carbons (Fsp3) is 0.0638. The van der Waals surface area contributed by atoms with E-state index < -0.39 is 0 Å². The molecule has 0 spiro atoms. The summed E-state index contributed by atoms with van der Waals surface area (Å²) in [5.74, 6) is 0. The third kappa shape index (κ3) is 4.48. The van der Waals surface area contributed by atoms with Crippen molar-refractivity contribution < 1.29 is 8.83 Å². The Morgan fingerprint density at radius 3 is 1.69 bits per heavy atom. The van der Waals surface area contributed by atoms with Crippen molar-refractivity contribution >= 4 is 65.4 Å². The van der Waals surface area contributed by atoms with E-state index in [0.29, 0.717) is 0 Å². The minimum atomic E-state index is 0.874. The molecule has 0 amide bonds. The summed E-state index contributed by atoms with van der Waals surface area (Å²) >= 11 is 0. The molecule has 2 heteroatoms. The van der Waals surface area contributed by atoms with E-state index in [1.807, 2.05) is 12.1 Å². The first-order valence-electron chi connectivity index (χ1n) is 17.1. The Balaban J connectivity index is 1.05. The van der Waals surface area contributed by atoms with E-state index >= 15 is 0 Å². The minimum absolute atomic E-state index is 0.874. The summed E-state index contributed by atoms with van der Waals surface area (Å²) in [5, 5.41) is 9.80. The smallest absolute Gasteiger partial charge is 0.147 e. The maximum absolute atomic E-state index is 6.47. The van der Waals surface area contributed by atoms with Crippen LogP contribution in [0.4, 0.5) is 0 Å². The first kappa shape index (κ1) is 27.9. The fourth-order valence-electron chi connectivity index (χ4n) is 8.08. The van der Waals surface area contributed by atoms with Crippen LogP contribution in [0.15, 0.2) is 167 Å². The predicted octanol–water partition coefficient (Wildman–Crippen LogP) is 13.3. The molecule has 10 rings (SSSR count). The maximum atomic E-state index is 6.47. The van der Waals surface area contributed by atoms with Crippen LogP contribution in [0.25, 0.3) is 87.7 Å². The highest BCUT2D eigenvalue weighted by Crippen LogP contribution is 2.42. The average molecular weight is 629 g/mol. The number of benzene rings is 8. The molecule has 0 atom stereocenters. The summed E-state index contributed by atoms with van der Waals surface area (Å²) in [6, 6.07) is 56.6. The number of fused-ring (bicyclic) bond motifs is 9. The van der Waals surface area contributed by atoms with Crippen LogP contribution in [-0.4, -0.2) is 0 Å². The maximum Gasteiger partial charge on any atom is 0.147 e. The highest BCUT2D eigenvalue weighted by molar-refractivity contribution is 6.22. The third-order valence-corrected chi connectivity index (χ3v) is 10.3. The Kier molecular flexibility index (Phi) is 6.41. The topological polar surface area (TPSA) is 26.3 Å². The number of para-hydroxylation sites is 1. The van der Waals surface area contributed by atoms with E-state index in [1.165, 1.54) is 60.3 Å². The summed E-state index contributed by atoms with van der Waals surface area (Å²) in [7, 11) is 0. The van der Waals surface area contributed by atoms with Gasteiger partial charge in [-0.25, -0.2) is 0 Å². The van der Waals surface area contributed by atoms with Crippen molar-refractivity contribution in [2.75, 3.05) is 0 Å². The highest BCUT2D eigenvalue weighted by atomic mass is 16.3. The Morgan fingerprint density at radius 1 is 0.347 bits per heavy atom. The van der Waals surface area contributed by atoms with Crippen molar-refractivity contribution in [3.05, 3.63) is 169 Å². The standard InChI is InChI=1S/C47H32O2/c1-2-12-30(13-3-1)31-24-26-33(27-25-31)44-38-19-6-4-16-35(38)34(36-17-5-7-20-39(36)44)21-10-14-32-15-11-23-42-45(32)46-43(48-42)29-28-40-37-18-8-9-22-41(37)49-47(40)46/h1-9,11-13,15-20,22-29H,10,14,21H2. The minimum Gasteiger partial charge on any atom is -0.456 e. The van der Waals surface area contributed by atoms with Crippen LogP contribution < -0.4 is 0 Å². The molecule has 0 aliphatic carbocycles. The van der Waals surface area contributed by atoms with E-state index in [9.17, 15) is 0 Å². The Hall–Kier alpha value is -6.12. The van der Waals surface area contributed by atoms with E-state index in [4.69, 9.17) is 8.83 Å². The molecule has 0 bridgehead atoms. The van der Waals surface area contributed by atoms with Gasteiger partial charge in [0.15, 0.2) is 0 Å². The van der Waals surface area contributed by atoms with Crippen LogP contribution in [0.3, 0.4) is 0 Å². The molecule has 2 aromatic heterocycles. The lowest BCUT2D eigenvalue weighted by Gasteiger charge is -2.18. The third-order valence-electron chi connectivity index (χ3n) is 10.3. The summed E-state index contributed by atoms with van der Waals surface area (Å²) in [6.45, 7) is 0. The summed E-state index contributed by atoms with van der Waals surface area (Å²) in [4.78, 5) is 0. The van der Waals surface area contributed by atoms with Crippen LogP contribution >= 0.6 is 0 Å². The van der Waals surface area contributed by atoms with Gasteiger partial charge in [-0.3, -0.25) is 0 Å². The first-order valence-corrected chi connectivity index (χ1v) is 17.1. The van der Waals surface area contributed by atoms with E-state index in [-0.39, 0.29) is 0 Å². The summed E-state index contributed by atoms with van der Waals surface area (Å²) in [5.41, 5.74) is 11.3. The number of hydrogen-bond acceptors (Lipinski definition) is 2. The zero-order chi connectivity index (χ0) is 32.3. The summed E-state index contributed by atoms with van der Waals surface area (Å²) in [6.07, 6.45) is 2.93. The zero-order valence-corrected chi connectivity index (χ0v) is 26.9. The molecular formula is C47H32O2. The molecule has 0 aliphatic rings. The lowest BCUT2D eigenvalue weighted by Crippen LogP contribution is -1.96. The molecule has 8 aromatic carbocycles. The molecule has 0 radical (unpaired) electrons. The largest absolute Gasteiger partial charge is 0.456 e. The monoisotopic (exact) mass is 628 g/mol. The lowest BCUT2D eigenvalue weighted by molar-refractivity contribution is 0.662. The Morgan fingerprint density at radius 2 is 0.939 bits per heavy atom. The molecule has 0 saturated carbocycles. The Labute approximate surface area is 283 Å². The van der Waals surface area contributed by atoms with Crippen LogP contribution in [0.1, 0.15) is 17.5 Å². The van der Waals surface area contributed by atoms with Gasteiger partial charge in [-0.1, -0.05) is 133 Å². The van der Waals surface area contributed by atoms with Crippen LogP contribution in [0.2, 0.25) is 0 Å². The van der Waals surface area contributed by atoms with Gasteiger partial charge in [0.1, 0.15) is 22.3 Å². The predicted molar refractivity (Wildman–Crippen MR) is 205 cm³/mol. The van der Waals surface area contributed by atoms with Crippen molar-refractivity contribution in [1.82, 2.24) is 0 Å². The first-order chi connectivity index (χ1) is 24.3. The number of aryl methyl sites for hydroxylation is 2. The van der Waals surface area contributed by atoms with Gasteiger partial charge in [0, 0.05) is 16.2 Å². The summed E-state index contributed by atoms with van der Waals surface area (Å²) < 4.78 is 12.9. The van der Waals surface area contributed by atoms with Crippen molar-refractivity contribution in [2.24, 2.45) is 0 Å². The quantitative estimate of drug-likeness (QED) is 0.171. The van der Waals surface area contributed by atoms with Crippen LogP contribution in [0, 0.1) is 0 Å². The van der Waals surface area contributed by atoms with Crippen molar-refractivity contribution in [2.45, 2.75) is 19.3 Å². The van der Waals surface area contributed by atoms with E-state index in [1.54, 1.807) is 0 Å². The second kappa shape index (κ2) is 11.2. The molecule has 0 aliphatic heterocycles. The molecule has 49 heavy (non-hydrogen) atoms. The number of rotatable bonds is 6. The van der Waals surface area contributed by atoms with Gasteiger partial charge in [0.2, 0.25) is 0 Å². The molecular weight excluding hydrogens is 597 g/mol. The van der Waals surface area contributed by atoms with Gasteiger partial charge < -0.3 is 8.83 Å². The van der Waals surface area contributed by atoms with Gasteiger partial charge in [0.25, 0.3) is 0 Å². The molecule has 2 heterocycles. The highest BCUT2D eigenvalue weighted by Gasteiger charge is 2.19. The molecule has 0 N–H and O–H groups in total. The number of furan rings is 2. The fourth-order valence-corrected chi connectivity index (χ4v) is 8.08. The molecule has 2 nitrogen and oxygen atoms in total. The Bertz CT molecular complexity index is 2780. The van der Waals surface area contributed by atoms with Gasteiger partial charge in [-0.15, -0.1) is 0 Å². The van der Waals surface area contributed by atoms with E-state index in [0.717, 1.165) is 57.8 Å². The second-order valence-corrected chi connectivity index (χ2v) is 13.0. The van der Waals surface area contributed by atoms with Crippen LogP contribution in [-0.2, 0) is 12.8 Å². The van der Waals surface area contributed by atoms with Crippen LogP contribution in [0.5, 0.6) is 0 Å². The van der Waals surface area contributed by atoms with Crippen molar-refractivity contribution in [3.63, 3.8) is 0 Å². The number of hydrogen-bond donors (Lipinski definition) is 0. The van der Waals surface area contributed by atoms with E-state index in [2.05, 4.69) is 146 Å². The lowest BCUT2D eigenvalue weighted by atomic mass is 9.86. The average Bonchev–Trinajstić information content (AvgIpc) is 3.74. The van der Waals surface area contributed by atoms with Gasteiger partial charge >= 0.3 is 0 Å². The molecule has 0 saturated heterocycles. The van der Waals surface area contributed by atoms with Gasteiger partial charge in [-0.05, 0) is 98.5 Å². The zero-order valence-electron chi connectivity index (χ0n) is 26.9. The normalized spacial score (nSPS) is 11.9. The second-order valence-electron chi connectivity index (χ2n) is 13.0. The molecule has 0 unspecified atom stereocenters. The van der Waals surface area contributed by atoms with Crippen molar-refractivity contribution in [3.8, 4) is 22.3 Å². The SMILES string of the molecule is c1ccc(-c2ccc(-c3c4ccccc4c(CCCc4cccc5oc6ccc7c8ccccc8oc7c6c45)c4ccccc34)cc2)cc1. The molecule has 10 aromatic rings. The van der Waals surface area contributed by atoms with Crippen molar-refractivity contribution in [1.29, 1.82) is 0 Å². The van der Waals surface area contributed by atoms with Gasteiger partial charge in [0.05, 0.1) is 5.39 Å². The van der Waals surface area contributed by atoms with Gasteiger partial charge in [-0.2, -0.15) is 0 Å². The molecule has 232 valence electrons. The molecule has 0 fully saturated rings.